The SMILES string of the molecule is Nc1ccc(NCc2ccco2)cc1Cl. The maximum atomic E-state index is 5.89. The van der Waals surface area contributed by atoms with Crippen LogP contribution < -0.4 is 11.1 Å². The Hall–Kier alpha value is -1.61. The molecule has 1 heterocycles. The van der Waals surface area contributed by atoms with Gasteiger partial charge >= 0.3 is 0 Å². The third kappa shape index (κ3) is 2.44. The van der Waals surface area contributed by atoms with E-state index < -0.39 is 0 Å². The number of furan rings is 1. The van der Waals surface area contributed by atoms with Crippen molar-refractivity contribution >= 4 is 23.0 Å². The van der Waals surface area contributed by atoms with E-state index in [1.807, 2.05) is 18.2 Å². The number of benzene rings is 1. The van der Waals surface area contributed by atoms with Gasteiger partial charge in [0, 0.05) is 5.69 Å². The van der Waals surface area contributed by atoms with Crippen LogP contribution in [-0.2, 0) is 6.54 Å². The highest BCUT2D eigenvalue weighted by Crippen LogP contribution is 2.22. The van der Waals surface area contributed by atoms with Crippen LogP contribution in [0.5, 0.6) is 0 Å². The van der Waals surface area contributed by atoms with Gasteiger partial charge in [-0.15, -0.1) is 0 Å². The average molecular weight is 223 g/mol. The van der Waals surface area contributed by atoms with Crippen molar-refractivity contribution in [3.63, 3.8) is 0 Å². The average Bonchev–Trinajstić information content (AvgIpc) is 2.73. The van der Waals surface area contributed by atoms with Crippen LogP contribution in [0.1, 0.15) is 5.76 Å². The summed E-state index contributed by atoms with van der Waals surface area (Å²) in [6.07, 6.45) is 1.65. The molecule has 0 spiro atoms. The molecule has 0 bridgehead atoms. The summed E-state index contributed by atoms with van der Waals surface area (Å²) in [6.45, 7) is 0.632. The van der Waals surface area contributed by atoms with Gasteiger partial charge in [-0.3, -0.25) is 0 Å². The monoisotopic (exact) mass is 222 g/mol. The molecule has 3 N–H and O–H groups in total. The Morgan fingerprint density at radius 3 is 2.87 bits per heavy atom. The van der Waals surface area contributed by atoms with E-state index in [4.69, 9.17) is 21.8 Å². The Kier molecular flexibility index (Phi) is 2.83. The molecule has 0 aliphatic heterocycles. The van der Waals surface area contributed by atoms with Gasteiger partial charge in [-0.2, -0.15) is 0 Å². The Balaban J connectivity index is 2.02. The molecule has 4 heteroatoms. The van der Waals surface area contributed by atoms with Gasteiger partial charge in [-0.05, 0) is 30.3 Å². The lowest BCUT2D eigenvalue weighted by Crippen LogP contribution is -1.98. The van der Waals surface area contributed by atoms with E-state index in [-0.39, 0.29) is 0 Å². The van der Waals surface area contributed by atoms with E-state index in [0.717, 1.165) is 11.4 Å². The standard InChI is InChI=1S/C11H11ClN2O/c12-10-6-8(3-4-11(10)13)14-7-9-2-1-5-15-9/h1-6,14H,7,13H2. The minimum atomic E-state index is 0.555. The van der Waals surface area contributed by atoms with Crippen molar-refractivity contribution in [1.29, 1.82) is 0 Å². The molecule has 78 valence electrons. The maximum absolute atomic E-state index is 5.89. The zero-order chi connectivity index (χ0) is 10.7. The normalized spacial score (nSPS) is 10.2. The number of halogens is 1. The summed E-state index contributed by atoms with van der Waals surface area (Å²) < 4.78 is 5.19. The fourth-order valence-electron chi connectivity index (χ4n) is 1.24. The Morgan fingerprint density at radius 2 is 2.20 bits per heavy atom. The number of nitrogens with two attached hydrogens (primary N) is 1. The lowest BCUT2D eigenvalue weighted by atomic mass is 10.3. The first kappa shape index (κ1) is 9.93. The van der Waals surface area contributed by atoms with Gasteiger partial charge in [0.25, 0.3) is 0 Å². The van der Waals surface area contributed by atoms with E-state index in [1.54, 1.807) is 18.4 Å². The molecule has 0 fully saturated rings. The van der Waals surface area contributed by atoms with Gasteiger partial charge < -0.3 is 15.5 Å². The highest BCUT2D eigenvalue weighted by atomic mass is 35.5. The van der Waals surface area contributed by atoms with E-state index in [9.17, 15) is 0 Å². The van der Waals surface area contributed by atoms with Crippen LogP contribution in [0, 0.1) is 0 Å². The van der Waals surface area contributed by atoms with Gasteiger partial charge in [-0.1, -0.05) is 11.6 Å². The summed E-state index contributed by atoms with van der Waals surface area (Å²) in [4.78, 5) is 0. The molecule has 1 aromatic carbocycles. The molecule has 1 aromatic heterocycles. The van der Waals surface area contributed by atoms with Gasteiger partial charge in [0.05, 0.1) is 23.5 Å². The minimum Gasteiger partial charge on any atom is -0.467 e. The molecule has 0 saturated heterocycles. The minimum absolute atomic E-state index is 0.555. The summed E-state index contributed by atoms with van der Waals surface area (Å²) in [6, 6.07) is 9.20. The van der Waals surface area contributed by atoms with Crippen LogP contribution in [0.3, 0.4) is 0 Å². The number of nitrogen functional groups attached to an aromatic ring is 1. The number of hydrogen-bond donors (Lipinski definition) is 2. The second-order valence-electron chi connectivity index (χ2n) is 3.17. The van der Waals surface area contributed by atoms with Gasteiger partial charge in [0.15, 0.2) is 0 Å². The number of rotatable bonds is 3. The van der Waals surface area contributed by atoms with Gasteiger partial charge in [0.1, 0.15) is 5.76 Å². The molecule has 2 rings (SSSR count). The molecule has 0 radical (unpaired) electrons. The molecule has 0 amide bonds. The van der Waals surface area contributed by atoms with Crippen LogP contribution in [0.4, 0.5) is 11.4 Å². The van der Waals surface area contributed by atoms with Crippen LogP contribution in [0.25, 0.3) is 0 Å². The van der Waals surface area contributed by atoms with Crippen LogP contribution in [-0.4, -0.2) is 0 Å². The Bertz CT molecular complexity index is 440. The van der Waals surface area contributed by atoms with E-state index in [1.165, 1.54) is 0 Å². The molecule has 15 heavy (non-hydrogen) atoms. The summed E-state index contributed by atoms with van der Waals surface area (Å²) >= 11 is 5.89. The third-order valence-corrected chi connectivity index (χ3v) is 2.37. The molecule has 0 aliphatic rings. The summed E-state index contributed by atoms with van der Waals surface area (Å²) in [5, 5.41) is 3.74. The van der Waals surface area contributed by atoms with Gasteiger partial charge in [0.2, 0.25) is 0 Å². The summed E-state index contributed by atoms with van der Waals surface area (Å²) in [5.41, 5.74) is 7.11. The van der Waals surface area contributed by atoms with Gasteiger partial charge in [-0.25, -0.2) is 0 Å². The molecule has 0 atom stereocenters. The fraction of sp³-hybridized carbons (Fsp3) is 0.0909. The predicted octanol–water partition coefficient (Wildman–Crippen LogP) is 3.13. The topological polar surface area (TPSA) is 51.2 Å². The lowest BCUT2D eigenvalue weighted by molar-refractivity contribution is 0.518. The second kappa shape index (κ2) is 4.28. The number of nitrogens with one attached hydrogen (secondary N) is 1. The predicted molar refractivity (Wildman–Crippen MR) is 61.9 cm³/mol. The van der Waals surface area contributed by atoms with Crippen molar-refractivity contribution in [3.05, 3.63) is 47.4 Å². The maximum Gasteiger partial charge on any atom is 0.122 e. The zero-order valence-electron chi connectivity index (χ0n) is 8.03. The highest BCUT2D eigenvalue weighted by molar-refractivity contribution is 6.33. The second-order valence-corrected chi connectivity index (χ2v) is 3.58. The number of anilines is 2. The molecule has 0 unspecified atom stereocenters. The largest absolute Gasteiger partial charge is 0.467 e. The van der Waals surface area contributed by atoms with Crippen molar-refractivity contribution in [3.8, 4) is 0 Å². The molecule has 3 nitrogen and oxygen atoms in total. The quantitative estimate of drug-likeness (QED) is 0.785. The first-order chi connectivity index (χ1) is 7.25. The Morgan fingerprint density at radius 1 is 1.33 bits per heavy atom. The van der Waals surface area contributed by atoms with Crippen molar-refractivity contribution in [2.24, 2.45) is 0 Å². The molecular formula is C11H11ClN2O. The van der Waals surface area contributed by atoms with Crippen molar-refractivity contribution in [2.75, 3.05) is 11.1 Å². The fourth-order valence-corrected chi connectivity index (χ4v) is 1.42. The van der Waals surface area contributed by atoms with Crippen LogP contribution in [0.15, 0.2) is 41.0 Å². The third-order valence-electron chi connectivity index (χ3n) is 2.05. The molecule has 0 saturated carbocycles. The Labute approximate surface area is 92.8 Å². The van der Waals surface area contributed by atoms with E-state index in [0.29, 0.717) is 17.3 Å². The zero-order valence-corrected chi connectivity index (χ0v) is 8.79. The van der Waals surface area contributed by atoms with Crippen LogP contribution in [0.2, 0.25) is 5.02 Å². The summed E-state index contributed by atoms with van der Waals surface area (Å²) in [5.74, 6) is 0.878. The smallest absolute Gasteiger partial charge is 0.122 e. The van der Waals surface area contributed by atoms with Crippen molar-refractivity contribution in [1.82, 2.24) is 0 Å². The van der Waals surface area contributed by atoms with Crippen molar-refractivity contribution in [2.45, 2.75) is 6.54 Å². The molecule has 2 aromatic rings. The highest BCUT2D eigenvalue weighted by Gasteiger charge is 1.99. The summed E-state index contributed by atoms with van der Waals surface area (Å²) in [7, 11) is 0. The first-order valence-corrected chi connectivity index (χ1v) is 4.95. The molecule has 0 aliphatic carbocycles. The molecular weight excluding hydrogens is 212 g/mol. The first-order valence-electron chi connectivity index (χ1n) is 4.57. The number of hydrogen-bond acceptors (Lipinski definition) is 3. The van der Waals surface area contributed by atoms with E-state index >= 15 is 0 Å². The van der Waals surface area contributed by atoms with Crippen molar-refractivity contribution < 1.29 is 4.42 Å². The van der Waals surface area contributed by atoms with Crippen LogP contribution >= 0.6 is 11.6 Å². The van der Waals surface area contributed by atoms with E-state index in [2.05, 4.69) is 5.32 Å². The lowest BCUT2D eigenvalue weighted by Gasteiger charge is -2.05.